The van der Waals surface area contributed by atoms with Crippen molar-refractivity contribution in [1.82, 2.24) is 0 Å². The molecule has 0 aliphatic heterocycles. The highest BCUT2D eigenvalue weighted by atomic mass is 35.5. The van der Waals surface area contributed by atoms with E-state index in [9.17, 15) is 9.59 Å². The first kappa shape index (κ1) is 18.0. The van der Waals surface area contributed by atoms with Crippen LogP contribution in [0.1, 0.15) is 66.2 Å². The number of carbonyl (C=O) groups excluding carboxylic acids is 2. The van der Waals surface area contributed by atoms with Crippen LogP contribution < -0.4 is 4.74 Å². The first-order chi connectivity index (χ1) is 10.1. The van der Waals surface area contributed by atoms with Gasteiger partial charge >= 0.3 is 0 Å². The molecular weight excluding hydrogens is 311 g/mol. The third kappa shape index (κ3) is 6.06. The van der Waals surface area contributed by atoms with E-state index in [1.165, 1.54) is 31.4 Å². The van der Waals surface area contributed by atoms with Crippen LogP contribution in [0.25, 0.3) is 0 Å². The summed E-state index contributed by atoms with van der Waals surface area (Å²) in [7, 11) is 0. The predicted octanol–water partition coefficient (Wildman–Crippen LogP) is 5.18. The molecule has 0 bridgehead atoms. The Balaban J connectivity index is 2.60. The molecular formula is C16H20Cl2O3. The predicted molar refractivity (Wildman–Crippen MR) is 85.7 cm³/mol. The molecule has 0 spiro atoms. The highest BCUT2D eigenvalue weighted by Gasteiger charge is 2.18. The number of halogens is 2. The van der Waals surface area contributed by atoms with E-state index in [-0.39, 0.29) is 16.9 Å². The minimum Gasteiger partial charge on any atom is -0.492 e. The van der Waals surface area contributed by atoms with Gasteiger partial charge < -0.3 is 4.74 Å². The van der Waals surface area contributed by atoms with Crippen LogP contribution in [0.2, 0.25) is 0 Å². The lowest BCUT2D eigenvalue weighted by molar-refractivity contribution is 0.107. The van der Waals surface area contributed by atoms with Crippen LogP contribution in [-0.4, -0.2) is 17.1 Å². The number of unbranched alkanes of at least 4 members (excludes halogenated alkanes) is 5. The molecule has 1 aromatic carbocycles. The molecule has 0 saturated carbocycles. The van der Waals surface area contributed by atoms with Crippen LogP contribution in [-0.2, 0) is 0 Å². The van der Waals surface area contributed by atoms with Crippen LogP contribution in [0, 0.1) is 0 Å². The van der Waals surface area contributed by atoms with Crippen LogP contribution >= 0.6 is 23.2 Å². The topological polar surface area (TPSA) is 43.4 Å². The fourth-order valence-corrected chi connectivity index (χ4v) is 2.36. The summed E-state index contributed by atoms with van der Waals surface area (Å²) in [4.78, 5) is 22.8. The first-order valence-electron chi connectivity index (χ1n) is 7.23. The first-order valence-corrected chi connectivity index (χ1v) is 7.99. The van der Waals surface area contributed by atoms with Gasteiger partial charge in [-0.15, -0.1) is 0 Å². The molecule has 5 heteroatoms. The van der Waals surface area contributed by atoms with Gasteiger partial charge in [-0.05, 0) is 41.8 Å². The average molecular weight is 331 g/mol. The van der Waals surface area contributed by atoms with E-state index in [2.05, 4.69) is 6.92 Å². The van der Waals surface area contributed by atoms with Crippen LogP contribution in [0.5, 0.6) is 5.75 Å². The van der Waals surface area contributed by atoms with Gasteiger partial charge in [0.1, 0.15) is 5.75 Å². The van der Waals surface area contributed by atoms with Crippen molar-refractivity contribution in [2.75, 3.05) is 6.61 Å². The Morgan fingerprint density at radius 2 is 1.48 bits per heavy atom. The molecule has 0 N–H and O–H groups in total. The smallest absolute Gasteiger partial charge is 0.256 e. The Kier molecular flexibility index (Phi) is 8.40. The van der Waals surface area contributed by atoms with Gasteiger partial charge in [0.25, 0.3) is 10.5 Å². The summed E-state index contributed by atoms with van der Waals surface area (Å²) in [6.07, 6.45) is 6.76. The van der Waals surface area contributed by atoms with Gasteiger partial charge in [-0.2, -0.15) is 0 Å². The summed E-state index contributed by atoms with van der Waals surface area (Å²) in [5.74, 6) is 0.186. The summed E-state index contributed by atoms with van der Waals surface area (Å²) in [6.45, 7) is 2.61. The summed E-state index contributed by atoms with van der Waals surface area (Å²) in [6, 6.07) is 4.60. The summed E-state index contributed by atoms with van der Waals surface area (Å²) in [5, 5.41) is -1.32. The quantitative estimate of drug-likeness (QED) is 0.438. The Morgan fingerprint density at radius 3 is 2.00 bits per heavy atom. The van der Waals surface area contributed by atoms with Crippen LogP contribution in [0.15, 0.2) is 18.2 Å². The molecule has 0 unspecified atom stereocenters. The second-order valence-corrected chi connectivity index (χ2v) is 5.53. The van der Waals surface area contributed by atoms with Gasteiger partial charge in [0.2, 0.25) is 0 Å². The second-order valence-electron chi connectivity index (χ2n) is 4.85. The van der Waals surface area contributed by atoms with E-state index in [0.717, 1.165) is 19.3 Å². The van der Waals surface area contributed by atoms with Crippen molar-refractivity contribution in [3.05, 3.63) is 29.3 Å². The maximum absolute atomic E-state index is 11.4. The number of hydrogen-bond acceptors (Lipinski definition) is 3. The molecule has 0 atom stereocenters. The van der Waals surface area contributed by atoms with E-state index in [1.807, 2.05) is 0 Å². The molecule has 21 heavy (non-hydrogen) atoms. The van der Waals surface area contributed by atoms with Gasteiger partial charge in [0, 0.05) is 0 Å². The Morgan fingerprint density at radius 1 is 0.952 bits per heavy atom. The van der Waals surface area contributed by atoms with Crippen molar-refractivity contribution < 1.29 is 14.3 Å². The lowest BCUT2D eigenvalue weighted by Crippen LogP contribution is -2.06. The maximum Gasteiger partial charge on any atom is 0.256 e. The standard InChI is InChI=1S/C16H20Cl2O3/c1-2-3-4-5-6-7-11-21-14-12(15(17)19)9-8-10-13(14)16(18)20/h8-10H,2-7,11H2,1H3. The number of hydrogen-bond donors (Lipinski definition) is 0. The van der Waals surface area contributed by atoms with E-state index >= 15 is 0 Å². The summed E-state index contributed by atoms with van der Waals surface area (Å²) < 4.78 is 5.59. The Bertz CT molecular complexity index is 454. The van der Waals surface area contributed by atoms with Crippen molar-refractivity contribution in [2.45, 2.75) is 45.4 Å². The minimum atomic E-state index is -0.660. The van der Waals surface area contributed by atoms with Gasteiger partial charge in [0.05, 0.1) is 17.7 Å². The summed E-state index contributed by atoms with van der Waals surface area (Å²) >= 11 is 11.0. The SMILES string of the molecule is CCCCCCCCOc1c(C(=O)Cl)cccc1C(=O)Cl. The van der Waals surface area contributed by atoms with Crippen LogP contribution in [0.4, 0.5) is 0 Å². The zero-order chi connectivity index (χ0) is 15.7. The van der Waals surface area contributed by atoms with Gasteiger partial charge in [-0.3, -0.25) is 9.59 Å². The third-order valence-electron chi connectivity index (χ3n) is 3.18. The van der Waals surface area contributed by atoms with Gasteiger partial charge in [-0.25, -0.2) is 0 Å². The van der Waals surface area contributed by atoms with E-state index in [4.69, 9.17) is 27.9 Å². The second kappa shape index (κ2) is 9.80. The zero-order valence-electron chi connectivity index (χ0n) is 12.2. The van der Waals surface area contributed by atoms with Crippen molar-refractivity contribution >= 4 is 33.7 Å². The molecule has 0 saturated heterocycles. The number of rotatable bonds is 10. The van der Waals surface area contributed by atoms with E-state index in [1.54, 1.807) is 6.07 Å². The molecule has 0 heterocycles. The van der Waals surface area contributed by atoms with E-state index in [0.29, 0.717) is 6.61 Å². The molecule has 3 nitrogen and oxygen atoms in total. The Hall–Kier alpha value is -1.06. The molecule has 116 valence electrons. The maximum atomic E-state index is 11.4. The molecule has 0 aliphatic carbocycles. The monoisotopic (exact) mass is 330 g/mol. The third-order valence-corrected chi connectivity index (χ3v) is 3.59. The molecule has 1 aromatic rings. The highest BCUT2D eigenvalue weighted by molar-refractivity contribution is 6.69. The summed E-state index contributed by atoms with van der Waals surface area (Å²) in [5.41, 5.74) is 0.350. The zero-order valence-corrected chi connectivity index (χ0v) is 13.7. The number of para-hydroxylation sites is 1. The van der Waals surface area contributed by atoms with Gasteiger partial charge in [-0.1, -0.05) is 45.1 Å². The normalized spacial score (nSPS) is 10.4. The van der Waals surface area contributed by atoms with Crippen molar-refractivity contribution in [3.63, 3.8) is 0 Å². The average Bonchev–Trinajstić information content (AvgIpc) is 2.45. The minimum absolute atomic E-state index is 0.175. The lowest BCUT2D eigenvalue weighted by Gasteiger charge is -2.12. The van der Waals surface area contributed by atoms with Crippen molar-refractivity contribution in [2.24, 2.45) is 0 Å². The number of ether oxygens (including phenoxy) is 1. The molecule has 0 radical (unpaired) electrons. The molecule has 1 rings (SSSR count). The molecule has 0 aliphatic rings. The fraction of sp³-hybridized carbons (Fsp3) is 0.500. The van der Waals surface area contributed by atoms with Crippen LogP contribution in [0.3, 0.4) is 0 Å². The fourth-order valence-electron chi connectivity index (χ4n) is 2.06. The number of benzene rings is 1. The van der Waals surface area contributed by atoms with Gasteiger partial charge in [0.15, 0.2) is 0 Å². The Labute approximate surface area is 135 Å². The number of carbonyl (C=O) groups is 2. The molecule has 0 amide bonds. The van der Waals surface area contributed by atoms with Crippen molar-refractivity contribution in [1.29, 1.82) is 0 Å². The lowest BCUT2D eigenvalue weighted by atomic mass is 10.1. The highest BCUT2D eigenvalue weighted by Crippen LogP contribution is 2.27. The van der Waals surface area contributed by atoms with E-state index < -0.39 is 10.5 Å². The molecule has 0 aromatic heterocycles. The molecule has 0 fully saturated rings. The largest absolute Gasteiger partial charge is 0.492 e. The van der Waals surface area contributed by atoms with Crippen molar-refractivity contribution in [3.8, 4) is 5.75 Å².